The van der Waals surface area contributed by atoms with E-state index in [2.05, 4.69) is 0 Å². The number of carbonyl (C=O) groups excluding carboxylic acids is 1. The van der Waals surface area contributed by atoms with Crippen LogP contribution in [0.25, 0.3) is 0 Å². The van der Waals surface area contributed by atoms with E-state index in [1.165, 1.54) is 12.5 Å². The number of likely N-dealkylation sites (N-methyl/N-ethyl adjacent to an activating group) is 1. The van der Waals surface area contributed by atoms with Crippen LogP contribution < -0.4 is 0 Å². The first-order valence-electron chi connectivity index (χ1n) is 6.97. The lowest BCUT2D eigenvalue weighted by molar-refractivity contribution is -0.133. The molecular formula is C15H20ClFN2O. The topological polar surface area (TPSA) is 23.6 Å². The summed E-state index contributed by atoms with van der Waals surface area (Å²) in [4.78, 5) is 15.8. The maximum atomic E-state index is 13.7. The Morgan fingerprint density at radius 3 is 2.70 bits per heavy atom. The van der Waals surface area contributed by atoms with Gasteiger partial charge in [-0.2, -0.15) is 0 Å². The minimum absolute atomic E-state index is 0.111. The van der Waals surface area contributed by atoms with E-state index < -0.39 is 0 Å². The van der Waals surface area contributed by atoms with Gasteiger partial charge in [0, 0.05) is 30.2 Å². The van der Waals surface area contributed by atoms with E-state index in [9.17, 15) is 9.18 Å². The second-order valence-electron chi connectivity index (χ2n) is 5.31. The van der Waals surface area contributed by atoms with Crippen molar-refractivity contribution in [2.75, 3.05) is 26.7 Å². The van der Waals surface area contributed by atoms with Gasteiger partial charge in [-0.15, -0.1) is 0 Å². The molecular weight excluding hydrogens is 279 g/mol. The highest BCUT2D eigenvalue weighted by molar-refractivity contribution is 6.31. The summed E-state index contributed by atoms with van der Waals surface area (Å²) in [6.07, 6.45) is 3.35. The molecule has 0 spiro atoms. The van der Waals surface area contributed by atoms with Crippen molar-refractivity contribution < 1.29 is 9.18 Å². The van der Waals surface area contributed by atoms with Gasteiger partial charge in [0.1, 0.15) is 5.82 Å². The average Bonchev–Trinajstić information content (AvgIpc) is 2.44. The molecule has 0 aromatic heterocycles. The molecule has 1 aromatic carbocycles. The zero-order chi connectivity index (χ0) is 14.5. The monoisotopic (exact) mass is 298 g/mol. The summed E-state index contributed by atoms with van der Waals surface area (Å²) in [5.41, 5.74) is 0.447. The van der Waals surface area contributed by atoms with Crippen molar-refractivity contribution in [2.45, 2.75) is 25.8 Å². The van der Waals surface area contributed by atoms with Gasteiger partial charge in [-0.3, -0.25) is 9.69 Å². The summed E-state index contributed by atoms with van der Waals surface area (Å²) >= 11 is 6.00. The van der Waals surface area contributed by atoms with Crippen LogP contribution in [0.4, 0.5) is 4.39 Å². The van der Waals surface area contributed by atoms with Crippen molar-refractivity contribution in [1.82, 2.24) is 9.80 Å². The summed E-state index contributed by atoms with van der Waals surface area (Å²) in [5, 5.41) is 0.405. The zero-order valence-corrected chi connectivity index (χ0v) is 12.5. The lowest BCUT2D eigenvalue weighted by Gasteiger charge is -2.28. The van der Waals surface area contributed by atoms with Crippen LogP contribution in [0.2, 0.25) is 5.02 Å². The number of nitrogens with zero attached hydrogens (tertiary/aromatic N) is 2. The predicted octanol–water partition coefficient (Wildman–Crippen LogP) is 2.92. The lowest BCUT2D eigenvalue weighted by Crippen LogP contribution is -2.41. The Morgan fingerprint density at radius 2 is 2.05 bits per heavy atom. The number of carbonyl (C=O) groups is 1. The third kappa shape index (κ3) is 3.93. The van der Waals surface area contributed by atoms with Gasteiger partial charge in [-0.05, 0) is 38.4 Å². The van der Waals surface area contributed by atoms with Crippen molar-refractivity contribution in [3.63, 3.8) is 0 Å². The molecule has 2 rings (SSSR count). The average molecular weight is 299 g/mol. The van der Waals surface area contributed by atoms with Crippen molar-refractivity contribution >= 4 is 17.5 Å². The van der Waals surface area contributed by atoms with Crippen LogP contribution in [-0.2, 0) is 11.3 Å². The van der Waals surface area contributed by atoms with Crippen molar-refractivity contribution in [2.24, 2.45) is 0 Å². The van der Waals surface area contributed by atoms with E-state index in [-0.39, 0.29) is 11.7 Å². The molecule has 1 aromatic rings. The summed E-state index contributed by atoms with van der Waals surface area (Å²) in [6, 6.07) is 4.64. The van der Waals surface area contributed by atoms with E-state index in [0.29, 0.717) is 23.7 Å². The third-order valence-corrected chi connectivity index (χ3v) is 3.96. The maximum absolute atomic E-state index is 13.7. The fourth-order valence-electron chi connectivity index (χ4n) is 2.48. The Bertz CT molecular complexity index is 455. The van der Waals surface area contributed by atoms with Crippen LogP contribution >= 0.6 is 11.6 Å². The van der Waals surface area contributed by atoms with Gasteiger partial charge in [0.05, 0.1) is 6.54 Å². The first-order chi connectivity index (χ1) is 9.58. The molecule has 0 saturated carbocycles. The standard InChI is InChI=1S/C15H20ClFN2O/c1-18(10-12-13(16)6-5-7-14(12)17)11-15(20)19-8-3-2-4-9-19/h5-7H,2-4,8-11H2,1H3. The number of likely N-dealkylation sites (tertiary alicyclic amines) is 1. The van der Waals surface area contributed by atoms with E-state index in [4.69, 9.17) is 11.6 Å². The second kappa shape index (κ2) is 7.04. The van der Waals surface area contributed by atoms with Crippen LogP contribution in [0, 0.1) is 5.82 Å². The highest BCUT2D eigenvalue weighted by Gasteiger charge is 2.18. The number of hydrogen-bond donors (Lipinski definition) is 0. The lowest BCUT2D eigenvalue weighted by atomic mass is 10.1. The molecule has 0 N–H and O–H groups in total. The van der Waals surface area contributed by atoms with Gasteiger partial charge in [0.2, 0.25) is 5.91 Å². The molecule has 1 aliphatic heterocycles. The SMILES string of the molecule is CN(CC(=O)N1CCCCC1)Cc1c(F)cccc1Cl. The molecule has 0 atom stereocenters. The first kappa shape index (κ1) is 15.3. The normalized spacial score (nSPS) is 15.7. The van der Waals surface area contributed by atoms with E-state index in [0.717, 1.165) is 25.9 Å². The highest BCUT2D eigenvalue weighted by atomic mass is 35.5. The Kier molecular flexibility index (Phi) is 5.38. The Balaban J connectivity index is 1.91. The van der Waals surface area contributed by atoms with Crippen LogP contribution in [-0.4, -0.2) is 42.4 Å². The number of amides is 1. The predicted molar refractivity (Wildman–Crippen MR) is 78.2 cm³/mol. The maximum Gasteiger partial charge on any atom is 0.236 e. The molecule has 1 fully saturated rings. The van der Waals surface area contributed by atoms with Crippen LogP contribution in [0.15, 0.2) is 18.2 Å². The molecule has 0 radical (unpaired) electrons. The number of hydrogen-bond acceptors (Lipinski definition) is 2. The molecule has 1 heterocycles. The van der Waals surface area contributed by atoms with Gasteiger partial charge < -0.3 is 4.90 Å². The molecule has 20 heavy (non-hydrogen) atoms. The van der Waals surface area contributed by atoms with Gasteiger partial charge in [0.15, 0.2) is 0 Å². The quantitative estimate of drug-likeness (QED) is 0.853. The van der Waals surface area contributed by atoms with E-state index in [1.54, 1.807) is 17.0 Å². The summed E-state index contributed by atoms with van der Waals surface area (Å²) in [5.74, 6) is -0.213. The molecule has 0 aliphatic carbocycles. The third-order valence-electron chi connectivity index (χ3n) is 3.60. The van der Waals surface area contributed by atoms with Crippen LogP contribution in [0.3, 0.4) is 0 Å². The van der Waals surface area contributed by atoms with Crippen LogP contribution in [0.1, 0.15) is 24.8 Å². The Hall–Kier alpha value is -1.13. The first-order valence-corrected chi connectivity index (χ1v) is 7.35. The van der Waals surface area contributed by atoms with Gasteiger partial charge >= 0.3 is 0 Å². The molecule has 110 valence electrons. The largest absolute Gasteiger partial charge is 0.342 e. The van der Waals surface area contributed by atoms with Crippen molar-refractivity contribution in [3.8, 4) is 0 Å². The number of piperidine rings is 1. The molecule has 3 nitrogen and oxygen atoms in total. The molecule has 1 saturated heterocycles. The fraction of sp³-hybridized carbons (Fsp3) is 0.533. The van der Waals surface area contributed by atoms with Gasteiger partial charge in [0.25, 0.3) is 0 Å². The van der Waals surface area contributed by atoms with E-state index >= 15 is 0 Å². The minimum atomic E-state index is -0.324. The molecule has 5 heteroatoms. The zero-order valence-electron chi connectivity index (χ0n) is 11.7. The Morgan fingerprint density at radius 1 is 1.35 bits per heavy atom. The summed E-state index contributed by atoms with van der Waals surface area (Å²) in [6.45, 7) is 2.32. The van der Waals surface area contributed by atoms with Gasteiger partial charge in [-0.1, -0.05) is 17.7 Å². The van der Waals surface area contributed by atoms with Gasteiger partial charge in [-0.25, -0.2) is 4.39 Å². The molecule has 1 aliphatic rings. The minimum Gasteiger partial charge on any atom is -0.342 e. The Labute approximate surface area is 124 Å². The number of benzene rings is 1. The highest BCUT2D eigenvalue weighted by Crippen LogP contribution is 2.20. The smallest absolute Gasteiger partial charge is 0.236 e. The summed E-state index contributed by atoms with van der Waals surface area (Å²) < 4.78 is 13.7. The molecule has 0 bridgehead atoms. The second-order valence-corrected chi connectivity index (χ2v) is 5.72. The fourth-order valence-corrected chi connectivity index (χ4v) is 2.71. The summed E-state index contributed by atoms with van der Waals surface area (Å²) in [7, 11) is 1.81. The van der Waals surface area contributed by atoms with E-state index in [1.807, 2.05) is 11.9 Å². The van der Waals surface area contributed by atoms with Crippen LogP contribution in [0.5, 0.6) is 0 Å². The number of rotatable bonds is 4. The van der Waals surface area contributed by atoms with Crippen molar-refractivity contribution in [3.05, 3.63) is 34.6 Å². The molecule has 0 unspecified atom stereocenters. The van der Waals surface area contributed by atoms with Crippen molar-refractivity contribution in [1.29, 1.82) is 0 Å². The molecule has 1 amide bonds. The number of halogens is 2.